The Hall–Kier alpha value is -2.54. The van der Waals surface area contributed by atoms with Gasteiger partial charge >= 0.3 is 0 Å². The number of fused-ring (bicyclic) bond motifs is 7. The Labute approximate surface area is 135 Å². The highest BCUT2D eigenvalue weighted by Gasteiger charge is 2.16. The number of rotatable bonds is 1. The minimum Gasteiger partial charge on any atom is -0.341 e. The van der Waals surface area contributed by atoms with Crippen molar-refractivity contribution in [3.05, 3.63) is 65.7 Å². The third-order valence-electron chi connectivity index (χ3n) is 5.23. The van der Waals surface area contributed by atoms with E-state index < -0.39 is 0 Å². The van der Waals surface area contributed by atoms with Gasteiger partial charge in [0.1, 0.15) is 0 Å². The van der Waals surface area contributed by atoms with Gasteiger partial charge < -0.3 is 4.57 Å². The molecule has 0 radical (unpaired) electrons. The van der Waals surface area contributed by atoms with Crippen LogP contribution in [0.15, 0.2) is 54.6 Å². The average molecular weight is 297 g/mol. The zero-order valence-electron chi connectivity index (χ0n) is 13.3. The van der Waals surface area contributed by atoms with E-state index >= 15 is 0 Å². The molecule has 0 bridgehead atoms. The second kappa shape index (κ2) is 4.73. The van der Waals surface area contributed by atoms with E-state index in [1.165, 1.54) is 43.7 Å². The molecule has 0 amide bonds. The van der Waals surface area contributed by atoms with Crippen molar-refractivity contribution >= 4 is 38.7 Å². The summed E-state index contributed by atoms with van der Waals surface area (Å²) >= 11 is 0. The molecule has 4 aromatic rings. The second-order valence-corrected chi connectivity index (χ2v) is 6.40. The number of aromatic nitrogens is 1. The molecule has 0 aliphatic heterocycles. The van der Waals surface area contributed by atoms with E-state index in [4.69, 9.17) is 0 Å². The Morgan fingerprint density at radius 3 is 2.70 bits per heavy atom. The first-order chi connectivity index (χ1) is 11.4. The molecule has 5 rings (SSSR count). The number of para-hydroxylation sites is 1. The van der Waals surface area contributed by atoms with E-state index in [9.17, 15) is 0 Å². The molecule has 1 heterocycles. The summed E-state index contributed by atoms with van der Waals surface area (Å²) in [6.07, 6.45) is 6.97. The van der Waals surface area contributed by atoms with Crippen molar-refractivity contribution in [2.24, 2.45) is 0 Å². The number of benzene rings is 3. The molecule has 0 N–H and O–H groups in total. The van der Waals surface area contributed by atoms with Crippen molar-refractivity contribution < 1.29 is 0 Å². The quantitative estimate of drug-likeness (QED) is 0.410. The molecule has 1 aliphatic carbocycles. The van der Waals surface area contributed by atoms with Crippen LogP contribution in [0.1, 0.15) is 24.5 Å². The van der Waals surface area contributed by atoms with E-state index in [0.717, 1.165) is 19.4 Å². The van der Waals surface area contributed by atoms with E-state index in [0.29, 0.717) is 0 Å². The highest BCUT2D eigenvalue weighted by molar-refractivity contribution is 6.22. The molecule has 0 unspecified atom stereocenters. The molecule has 0 spiro atoms. The van der Waals surface area contributed by atoms with Crippen LogP contribution in [0, 0.1) is 0 Å². The fourth-order valence-electron chi connectivity index (χ4n) is 4.21. The zero-order valence-corrected chi connectivity index (χ0v) is 13.3. The SMILES string of the molecule is CCn1c2ccccc2c2c3c4c(ccc3ccc21)CCC=C4. The van der Waals surface area contributed by atoms with E-state index in [2.05, 4.69) is 72.2 Å². The largest absolute Gasteiger partial charge is 0.341 e. The normalized spacial score (nSPS) is 14.0. The minimum atomic E-state index is 1.00. The van der Waals surface area contributed by atoms with E-state index in [1.54, 1.807) is 0 Å². The third kappa shape index (κ3) is 1.68. The molecule has 0 atom stereocenters. The minimum absolute atomic E-state index is 1.00. The Balaban J connectivity index is 2.10. The van der Waals surface area contributed by atoms with Gasteiger partial charge in [0.25, 0.3) is 0 Å². The highest BCUT2D eigenvalue weighted by Crippen LogP contribution is 2.38. The number of hydrogen-bond donors (Lipinski definition) is 0. The lowest BCUT2D eigenvalue weighted by atomic mass is 9.90. The van der Waals surface area contributed by atoms with Crippen LogP contribution in [0.5, 0.6) is 0 Å². The van der Waals surface area contributed by atoms with Crippen LogP contribution in [-0.4, -0.2) is 4.57 Å². The number of aryl methyl sites for hydroxylation is 2. The molecule has 1 heteroatoms. The molecule has 0 fully saturated rings. The summed E-state index contributed by atoms with van der Waals surface area (Å²) in [7, 11) is 0. The number of nitrogens with zero attached hydrogens (tertiary/aromatic N) is 1. The van der Waals surface area contributed by atoms with Crippen LogP contribution in [0.4, 0.5) is 0 Å². The van der Waals surface area contributed by atoms with Crippen molar-refractivity contribution in [3.8, 4) is 0 Å². The average Bonchev–Trinajstić information content (AvgIpc) is 2.95. The van der Waals surface area contributed by atoms with Crippen LogP contribution >= 0.6 is 0 Å². The molecule has 3 aromatic carbocycles. The van der Waals surface area contributed by atoms with Gasteiger partial charge in [-0.2, -0.15) is 0 Å². The molecule has 0 saturated carbocycles. The smallest absolute Gasteiger partial charge is 0.0498 e. The number of hydrogen-bond acceptors (Lipinski definition) is 0. The maximum absolute atomic E-state index is 2.44. The summed E-state index contributed by atoms with van der Waals surface area (Å²) in [5.74, 6) is 0. The van der Waals surface area contributed by atoms with Crippen LogP contribution < -0.4 is 0 Å². The van der Waals surface area contributed by atoms with E-state index in [1.807, 2.05) is 0 Å². The lowest BCUT2D eigenvalue weighted by Gasteiger charge is -2.14. The third-order valence-corrected chi connectivity index (χ3v) is 5.23. The summed E-state index contributed by atoms with van der Waals surface area (Å²) in [5.41, 5.74) is 5.61. The number of allylic oxidation sites excluding steroid dienone is 1. The van der Waals surface area contributed by atoms with Crippen LogP contribution in [0.2, 0.25) is 0 Å². The standard InChI is InChI=1S/C22H19N/c1-2-23-19-10-6-5-9-18(19)22-20(23)14-13-16-12-11-15-7-3-4-8-17(15)21(16)22/h4-6,8-14H,2-3,7H2,1H3. The summed E-state index contributed by atoms with van der Waals surface area (Å²) in [6, 6.07) is 18.0. The van der Waals surface area contributed by atoms with Gasteiger partial charge in [-0.15, -0.1) is 0 Å². The van der Waals surface area contributed by atoms with Gasteiger partial charge in [-0.25, -0.2) is 0 Å². The maximum Gasteiger partial charge on any atom is 0.0498 e. The van der Waals surface area contributed by atoms with Gasteiger partial charge in [0.05, 0.1) is 0 Å². The van der Waals surface area contributed by atoms with Crippen LogP contribution in [-0.2, 0) is 13.0 Å². The fourth-order valence-corrected chi connectivity index (χ4v) is 4.21. The van der Waals surface area contributed by atoms with Crippen LogP contribution in [0.3, 0.4) is 0 Å². The van der Waals surface area contributed by atoms with Crippen molar-refractivity contribution in [3.63, 3.8) is 0 Å². The predicted molar refractivity (Wildman–Crippen MR) is 100.0 cm³/mol. The molecular formula is C22H19N. The first kappa shape index (κ1) is 13.0. The molecule has 0 saturated heterocycles. The summed E-state index contributed by atoms with van der Waals surface area (Å²) in [5, 5.41) is 5.58. The van der Waals surface area contributed by atoms with Crippen molar-refractivity contribution in [2.75, 3.05) is 0 Å². The Bertz CT molecular complexity index is 1100. The maximum atomic E-state index is 2.44. The monoisotopic (exact) mass is 297 g/mol. The first-order valence-corrected chi connectivity index (χ1v) is 8.50. The van der Waals surface area contributed by atoms with Crippen molar-refractivity contribution in [1.82, 2.24) is 4.57 Å². The topological polar surface area (TPSA) is 4.93 Å². The molecule has 1 aromatic heterocycles. The molecule has 1 nitrogen and oxygen atoms in total. The zero-order chi connectivity index (χ0) is 15.4. The van der Waals surface area contributed by atoms with Crippen LogP contribution in [0.25, 0.3) is 38.7 Å². The summed E-state index contributed by atoms with van der Waals surface area (Å²) in [4.78, 5) is 0. The fraction of sp³-hybridized carbons (Fsp3) is 0.182. The summed E-state index contributed by atoms with van der Waals surface area (Å²) < 4.78 is 2.44. The van der Waals surface area contributed by atoms with Crippen molar-refractivity contribution in [1.29, 1.82) is 0 Å². The van der Waals surface area contributed by atoms with Crippen molar-refractivity contribution in [2.45, 2.75) is 26.3 Å². The predicted octanol–water partition coefficient (Wildman–Crippen LogP) is 5.93. The molecule has 112 valence electrons. The molecule has 23 heavy (non-hydrogen) atoms. The van der Waals surface area contributed by atoms with Gasteiger partial charge in [-0.05, 0) is 53.8 Å². The Morgan fingerprint density at radius 1 is 0.913 bits per heavy atom. The lowest BCUT2D eigenvalue weighted by molar-refractivity contribution is 0.827. The van der Waals surface area contributed by atoms with Gasteiger partial charge in [0.15, 0.2) is 0 Å². The van der Waals surface area contributed by atoms with Gasteiger partial charge in [0, 0.05) is 28.4 Å². The Morgan fingerprint density at radius 2 is 1.78 bits per heavy atom. The first-order valence-electron chi connectivity index (χ1n) is 8.50. The highest BCUT2D eigenvalue weighted by atomic mass is 15.0. The molecular weight excluding hydrogens is 278 g/mol. The van der Waals surface area contributed by atoms with Gasteiger partial charge in [-0.3, -0.25) is 0 Å². The Kier molecular flexibility index (Phi) is 2.66. The van der Waals surface area contributed by atoms with Gasteiger partial charge in [0.2, 0.25) is 0 Å². The second-order valence-electron chi connectivity index (χ2n) is 6.40. The lowest BCUT2D eigenvalue weighted by Crippen LogP contribution is -1.96. The van der Waals surface area contributed by atoms with Gasteiger partial charge in [-0.1, -0.05) is 48.6 Å². The van der Waals surface area contributed by atoms with E-state index in [-0.39, 0.29) is 0 Å². The summed E-state index contributed by atoms with van der Waals surface area (Å²) in [6.45, 7) is 3.23. The molecule has 1 aliphatic rings.